The van der Waals surface area contributed by atoms with E-state index in [0.29, 0.717) is 22.2 Å². The van der Waals surface area contributed by atoms with Crippen LogP contribution in [0.25, 0.3) is 33.1 Å². The minimum Gasteiger partial charge on any atom is -0.490 e. The van der Waals surface area contributed by atoms with Crippen molar-refractivity contribution in [2.45, 2.75) is 11.8 Å². The zero-order valence-electron chi connectivity index (χ0n) is 19.9. The summed E-state index contributed by atoms with van der Waals surface area (Å²) in [6.45, 7) is 7.31. The van der Waals surface area contributed by atoms with Crippen LogP contribution in [0.15, 0.2) is 53.6 Å². The van der Waals surface area contributed by atoms with Gasteiger partial charge in [-0.1, -0.05) is 30.7 Å². The first-order valence-electron chi connectivity index (χ1n) is 11.8. The van der Waals surface area contributed by atoms with Crippen LogP contribution in [0.2, 0.25) is 5.02 Å². The first-order chi connectivity index (χ1) is 16.9. The van der Waals surface area contributed by atoms with Crippen molar-refractivity contribution in [2.24, 2.45) is 0 Å². The van der Waals surface area contributed by atoms with E-state index in [4.69, 9.17) is 16.3 Å². The summed E-state index contributed by atoms with van der Waals surface area (Å²) in [5.74, 6) is 0.794. The number of aromatic nitrogens is 2. The summed E-state index contributed by atoms with van der Waals surface area (Å²) in [5, 5.41) is 2.32. The van der Waals surface area contributed by atoms with Gasteiger partial charge in [-0.2, -0.15) is 0 Å². The van der Waals surface area contributed by atoms with E-state index in [1.165, 1.54) is 0 Å². The number of fused-ring (bicyclic) bond motifs is 3. The summed E-state index contributed by atoms with van der Waals surface area (Å²) in [7, 11) is -1.18. The summed E-state index contributed by atoms with van der Waals surface area (Å²) >= 11 is 6.30. The maximum absolute atomic E-state index is 12.5. The van der Waals surface area contributed by atoms with Crippen LogP contribution in [0.4, 0.5) is 0 Å². The fraction of sp³-hybridized carbons (Fsp3) is 0.346. The van der Waals surface area contributed by atoms with Gasteiger partial charge < -0.3 is 14.6 Å². The van der Waals surface area contributed by atoms with Gasteiger partial charge in [-0.25, -0.2) is 13.4 Å². The third-order valence-corrected chi connectivity index (χ3v) is 8.62. The van der Waals surface area contributed by atoms with Gasteiger partial charge in [0, 0.05) is 49.7 Å². The molecule has 0 saturated carbocycles. The molecule has 0 amide bonds. The average Bonchev–Trinajstić information content (AvgIpc) is 3.24. The molecule has 1 aliphatic heterocycles. The van der Waals surface area contributed by atoms with Gasteiger partial charge >= 0.3 is 0 Å². The molecule has 0 unspecified atom stereocenters. The third-order valence-electron chi connectivity index (χ3n) is 6.68. The lowest BCUT2D eigenvalue weighted by Gasteiger charge is -2.32. The predicted octanol–water partition coefficient (Wildman–Crippen LogP) is 4.46. The molecule has 1 N–H and O–H groups in total. The second kappa shape index (κ2) is 9.78. The van der Waals surface area contributed by atoms with Crippen molar-refractivity contribution in [2.75, 3.05) is 52.1 Å². The molecule has 1 saturated heterocycles. The summed E-state index contributed by atoms with van der Waals surface area (Å²) in [5.41, 5.74) is 3.25. The van der Waals surface area contributed by atoms with E-state index >= 15 is 0 Å². The molecule has 2 aromatic carbocycles. The van der Waals surface area contributed by atoms with E-state index in [1.807, 2.05) is 24.3 Å². The van der Waals surface area contributed by atoms with Crippen LogP contribution < -0.4 is 4.74 Å². The lowest BCUT2D eigenvalue weighted by molar-refractivity contribution is 0.134. The van der Waals surface area contributed by atoms with E-state index in [-0.39, 0.29) is 5.75 Å². The first kappa shape index (κ1) is 24.1. The number of piperazine rings is 1. The van der Waals surface area contributed by atoms with Gasteiger partial charge in [0.15, 0.2) is 9.84 Å². The van der Waals surface area contributed by atoms with Crippen LogP contribution >= 0.6 is 11.6 Å². The molecular formula is C26H29ClN4O3S. The number of H-pyrrole nitrogens is 1. The maximum Gasteiger partial charge on any atom is 0.178 e. The Morgan fingerprint density at radius 3 is 2.69 bits per heavy atom. The number of hydrogen-bond donors (Lipinski definition) is 1. The average molecular weight is 513 g/mol. The van der Waals surface area contributed by atoms with Crippen molar-refractivity contribution in [3.63, 3.8) is 0 Å². The Kier molecular flexibility index (Phi) is 6.72. The Hall–Kier alpha value is -2.65. The molecule has 1 fully saturated rings. The summed E-state index contributed by atoms with van der Waals surface area (Å²) < 4.78 is 31.3. The standard InChI is InChI=1S/C26H29ClN4O3S/c1-3-35(32,33)20-6-4-5-18(15-20)21-7-8-23(34-14-13-31-11-9-30(2)10-12-31)25-24(21)22-16-19(27)17-28-26(22)29-25/h4-8,15-17H,3,9-14H2,1-2H3,(H,28,29). The van der Waals surface area contributed by atoms with Crippen LogP contribution in [0.3, 0.4) is 0 Å². The van der Waals surface area contributed by atoms with Crippen molar-refractivity contribution in [3.8, 4) is 16.9 Å². The van der Waals surface area contributed by atoms with E-state index in [2.05, 4.69) is 26.8 Å². The van der Waals surface area contributed by atoms with Gasteiger partial charge in [0.2, 0.25) is 0 Å². The second-order valence-electron chi connectivity index (χ2n) is 8.96. The number of nitrogens with zero attached hydrogens (tertiary/aromatic N) is 3. The number of nitrogens with one attached hydrogen (secondary N) is 1. The highest BCUT2D eigenvalue weighted by Crippen LogP contribution is 2.39. The molecule has 2 aromatic heterocycles. The molecule has 0 bridgehead atoms. The minimum absolute atomic E-state index is 0.0541. The Balaban J connectivity index is 1.54. The monoisotopic (exact) mass is 512 g/mol. The Morgan fingerprint density at radius 2 is 1.91 bits per heavy atom. The number of hydrogen-bond acceptors (Lipinski definition) is 6. The molecule has 0 atom stereocenters. The van der Waals surface area contributed by atoms with Gasteiger partial charge in [-0.15, -0.1) is 0 Å². The molecule has 0 radical (unpaired) electrons. The van der Waals surface area contributed by atoms with Crippen molar-refractivity contribution >= 4 is 43.4 Å². The quantitative estimate of drug-likeness (QED) is 0.394. The van der Waals surface area contributed by atoms with E-state index in [1.54, 1.807) is 31.3 Å². The number of pyridine rings is 1. The normalized spacial score (nSPS) is 15.7. The number of rotatable bonds is 7. The topological polar surface area (TPSA) is 78.5 Å². The Bertz CT molecular complexity index is 1480. The van der Waals surface area contributed by atoms with Gasteiger partial charge in [-0.3, -0.25) is 4.90 Å². The second-order valence-corrected chi connectivity index (χ2v) is 11.7. The fourth-order valence-electron chi connectivity index (χ4n) is 4.58. The maximum atomic E-state index is 12.5. The van der Waals surface area contributed by atoms with Crippen molar-refractivity contribution < 1.29 is 13.2 Å². The first-order valence-corrected chi connectivity index (χ1v) is 13.9. The van der Waals surface area contributed by atoms with Crippen molar-refractivity contribution in [3.05, 3.63) is 53.7 Å². The molecule has 1 aliphatic rings. The van der Waals surface area contributed by atoms with Crippen LogP contribution in [-0.4, -0.2) is 80.3 Å². The number of ether oxygens (including phenoxy) is 1. The predicted molar refractivity (Wildman–Crippen MR) is 141 cm³/mol. The molecule has 0 spiro atoms. The lowest BCUT2D eigenvalue weighted by atomic mass is 9.99. The number of halogens is 1. The van der Waals surface area contributed by atoms with Gasteiger partial charge in [0.05, 0.1) is 21.2 Å². The highest BCUT2D eigenvalue weighted by molar-refractivity contribution is 7.91. The van der Waals surface area contributed by atoms with Crippen molar-refractivity contribution in [1.29, 1.82) is 0 Å². The molecule has 7 nitrogen and oxygen atoms in total. The van der Waals surface area contributed by atoms with Crippen molar-refractivity contribution in [1.82, 2.24) is 19.8 Å². The SMILES string of the molecule is CCS(=O)(=O)c1cccc(-c2ccc(OCCN3CCN(C)CC3)c3[nH]c4ncc(Cl)cc4c23)c1. The fourth-order valence-corrected chi connectivity index (χ4v) is 5.66. The number of benzene rings is 2. The molecular weight excluding hydrogens is 484 g/mol. The summed E-state index contributed by atoms with van der Waals surface area (Å²) in [6, 6.07) is 12.9. The third kappa shape index (κ3) is 4.89. The Morgan fingerprint density at radius 1 is 1.11 bits per heavy atom. The molecule has 35 heavy (non-hydrogen) atoms. The summed E-state index contributed by atoms with van der Waals surface area (Å²) in [6.07, 6.45) is 1.61. The van der Waals surface area contributed by atoms with E-state index in [0.717, 1.165) is 65.9 Å². The van der Waals surface area contributed by atoms with E-state index < -0.39 is 9.84 Å². The van der Waals surface area contributed by atoms with Crippen LogP contribution in [0, 0.1) is 0 Å². The summed E-state index contributed by atoms with van der Waals surface area (Å²) in [4.78, 5) is 12.9. The van der Waals surface area contributed by atoms with Gasteiger partial charge in [0.25, 0.3) is 0 Å². The molecule has 9 heteroatoms. The zero-order chi connectivity index (χ0) is 24.6. The number of aromatic amines is 1. The van der Waals surface area contributed by atoms with Crippen LogP contribution in [0.1, 0.15) is 6.92 Å². The highest BCUT2D eigenvalue weighted by Gasteiger charge is 2.19. The molecule has 184 valence electrons. The molecule has 3 heterocycles. The number of likely N-dealkylation sites (N-methyl/N-ethyl adjacent to an activating group) is 1. The van der Waals surface area contributed by atoms with E-state index in [9.17, 15) is 8.42 Å². The van der Waals surface area contributed by atoms with Gasteiger partial charge in [0.1, 0.15) is 18.0 Å². The van der Waals surface area contributed by atoms with Crippen LogP contribution in [0.5, 0.6) is 5.75 Å². The highest BCUT2D eigenvalue weighted by atomic mass is 35.5. The molecule has 0 aliphatic carbocycles. The minimum atomic E-state index is -3.33. The lowest BCUT2D eigenvalue weighted by Crippen LogP contribution is -2.45. The smallest absolute Gasteiger partial charge is 0.178 e. The zero-order valence-corrected chi connectivity index (χ0v) is 21.5. The number of sulfone groups is 1. The largest absolute Gasteiger partial charge is 0.490 e. The Labute approximate surface area is 210 Å². The molecule has 4 aromatic rings. The van der Waals surface area contributed by atoms with Crippen LogP contribution in [-0.2, 0) is 9.84 Å². The molecule has 5 rings (SSSR count). The van der Waals surface area contributed by atoms with Gasteiger partial charge in [-0.05, 0) is 48.5 Å².